The van der Waals surface area contributed by atoms with Gasteiger partial charge < -0.3 is 10.3 Å². The lowest BCUT2D eigenvalue weighted by molar-refractivity contribution is 0.0912. The highest BCUT2D eigenvalue weighted by atomic mass is 16.1. The molecule has 4 nitrogen and oxygen atoms in total. The zero-order valence-corrected chi connectivity index (χ0v) is 18.5. The molecule has 0 amide bonds. The molecule has 160 valence electrons. The van der Waals surface area contributed by atoms with E-state index in [9.17, 15) is 4.79 Å². The predicted octanol–water partition coefficient (Wildman–Crippen LogP) is 6.57. The molecule has 5 rings (SSSR count). The minimum Gasteiger partial charge on any atom is -0.356 e. The number of ketones is 1. The molecule has 0 saturated heterocycles. The van der Waals surface area contributed by atoms with Gasteiger partial charge in [-0.25, -0.2) is 0 Å². The first kappa shape index (κ1) is 20.3. The molecule has 0 spiro atoms. The molecule has 2 aromatic heterocycles. The SMILES string of the molecule is CC1(C)CC(=O)c2c([nH]c(-c3ccncc3)c2Nc2cccc(Cc3ccccc3)c2)C1. The number of aromatic amines is 1. The van der Waals surface area contributed by atoms with Crippen LogP contribution in [0.2, 0.25) is 0 Å². The van der Waals surface area contributed by atoms with Crippen molar-refractivity contribution >= 4 is 17.2 Å². The zero-order valence-electron chi connectivity index (χ0n) is 18.5. The summed E-state index contributed by atoms with van der Waals surface area (Å²) in [5, 5.41) is 3.59. The van der Waals surface area contributed by atoms with E-state index in [1.54, 1.807) is 12.4 Å². The first-order chi connectivity index (χ1) is 15.5. The Labute approximate surface area is 188 Å². The molecule has 2 N–H and O–H groups in total. The summed E-state index contributed by atoms with van der Waals surface area (Å²) in [6.07, 6.45) is 5.83. The Morgan fingerprint density at radius 1 is 0.938 bits per heavy atom. The highest BCUT2D eigenvalue weighted by Gasteiger charge is 2.35. The molecular weight excluding hydrogens is 394 g/mol. The summed E-state index contributed by atoms with van der Waals surface area (Å²) in [5.41, 5.74) is 8.07. The third-order valence-electron chi connectivity index (χ3n) is 6.07. The number of rotatable bonds is 5. The number of hydrogen-bond donors (Lipinski definition) is 2. The normalized spacial score (nSPS) is 14.8. The van der Waals surface area contributed by atoms with Crippen molar-refractivity contribution in [2.45, 2.75) is 33.1 Å². The average molecular weight is 422 g/mol. The summed E-state index contributed by atoms with van der Waals surface area (Å²) < 4.78 is 0. The molecule has 2 heterocycles. The fourth-order valence-corrected chi connectivity index (χ4v) is 4.65. The number of H-pyrrole nitrogens is 1. The van der Waals surface area contributed by atoms with E-state index < -0.39 is 0 Å². The molecule has 1 aliphatic carbocycles. The van der Waals surface area contributed by atoms with Crippen molar-refractivity contribution in [1.29, 1.82) is 0 Å². The Hall–Kier alpha value is -3.66. The minimum atomic E-state index is -0.0443. The minimum absolute atomic E-state index is 0.0443. The van der Waals surface area contributed by atoms with Gasteiger partial charge in [-0.1, -0.05) is 56.3 Å². The predicted molar refractivity (Wildman–Crippen MR) is 129 cm³/mol. The molecular formula is C28H27N3O. The number of hydrogen-bond acceptors (Lipinski definition) is 3. The van der Waals surface area contributed by atoms with Crippen LogP contribution >= 0.6 is 0 Å². The Balaban J connectivity index is 1.54. The smallest absolute Gasteiger partial charge is 0.167 e. The van der Waals surface area contributed by atoms with Gasteiger partial charge in [-0.2, -0.15) is 0 Å². The lowest BCUT2D eigenvalue weighted by atomic mass is 9.76. The number of pyridine rings is 1. The van der Waals surface area contributed by atoms with Crippen LogP contribution in [0.4, 0.5) is 11.4 Å². The van der Waals surface area contributed by atoms with Crippen molar-refractivity contribution in [2.75, 3.05) is 5.32 Å². The first-order valence-corrected chi connectivity index (χ1v) is 11.1. The second-order valence-electron chi connectivity index (χ2n) is 9.39. The van der Waals surface area contributed by atoms with Gasteiger partial charge in [-0.3, -0.25) is 9.78 Å². The van der Waals surface area contributed by atoms with E-state index in [0.29, 0.717) is 6.42 Å². The molecule has 1 aliphatic rings. The van der Waals surface area contributed by atoms with Gasteiger partial charge in [0.1, 0.15) is 0 Å². The van der Waals surface area contributed by atoms with Crippen molar-refractivity contribution < 1.29 is 4.79 Å². The molecule has 0 saturated carbocycles. The number of nitrogens with zero attached hydrogens (tertiary/aromatic N) is 1. The van der Waals surface area contributed by atoms with E-state index in [2.05, 4.69) is 77.7 Å². The van der Waals surface area contributed by atoms with Crippen LogP contribution in [0.1, 0.15) is 47.4 Å². The summed E-state index contributed by atoms with van der Waals surface area (Å²) in [4.78, 5) is 20.9. The second-order valence-corrected chi connectivity index (χ2v) is 9.39. The van der Waals surface area contributed by atoms with Crippen molar-refractivity contribution in [1.82, 2.24) is 9.97 Å². The van der Waals surface area contributed by atoms with Gasteiger partial charge in [-0.05, 0) is 53.6 Å². The van der Waals surface area contributed by atoms with Gasteiger partial charge >= 0.3 is 0 Å². The third-order valence-corrected chi connectivity index (χ3v) is 6.07. The van der Waals surface area contributed by atoms with Crippen LogP contribution < -0.4 is 5.32 Å². The maximum absolute atomic E-state index is 13.2. The topological polar surface area (TPSA) is 57.8 Å². The Bertz CT molecular complexity index is 1260. The molecule has 0 unspecified atom stereocenters. The average Bonchev–Trinajstić information content (AvgIpc) is 3.12. The van der Waals surface area contributed by atoms with E-state index >= 15 is 0 Å². The van der Waals surface area contributed by atoms with Gasteiger partial charge in [0.05, 0.1) is 16.9 Å². The Kier molecular flexibility index (Phi) is 5.14. The van der Waals surface area contributed by atoms with Gasteiger partial charge in [0, 0.05) is 35.8 Å². The summed E-state index contributed by atoms with van der Waals surface area (Å²) in [6, 6.07) is 22.8. The number of aromatic nitrogens is 2. The largest absolute Gasteiger partial charge is 0.356 e. The molecule has 32 heavy (non-hydrogen) atoms. The second kappa shape index (κ2) is 8.12. The van der Waals surface area contributed by atoms with Crippen LogP contribution in [0.15, 0.2) is 79.1 Å². The molecule has 0 aliphatic heterocycles. The monoisotopic (exact) mass is 421 g/mol. The van der Waals surface area contributed by atoms with Crippen LogP contribution in [0.5, 0.6) is 0 Å². The maximum atomic E-state index is 13.2. The Morgan fingerprint density at radius 2 is 1.69 bits per heavy atom. The standard InChI is InChI=1S/C28H27N3O/c1-28(2)17-23-25(24(32)18-28)27(26(31-23)21-11-13-29-14-12-21)30-22-10-6-9-20(16-22)15-19-7-4-3-5-8-19/h3-14,16,30-31H,15,17-18H2,1-2H3. The molecule has 0 bridgehead atoms. The highest BCUT2D eigenvalue weighted by molar-refractivity contribution is 6.07. The van der Waals surface area contributed by atoms with Crippen molar-refractivity contribution in [3.8, 4) is 11.3 Å². The molecule has 0 atom stereocenters. The van der Waals surface area contributed by atoms with E-state index in [-0.39, 0.29) is 11.2 Å². The number of fused-ring (bicyclic) bond motifs is 1. The van der Waals surface area contributed by atoms with Gasteiger partial charge in [0.25, 0.3) is 0 Å². The van der Waals surface area contributed by atoms with E-state index in [1.807, 2.05) is 18.2 Å². The van der Waals surface area contributed by atoms with E-state index in [1.165, 1.54) is 11.1 Å². The van der Waals surface area contributed by atoms with Crippen molar-refractivity contribution in [3.05, 3.63) is 102 Å². The van der Waals surface area contributed by atoms with Crippen LogP contribution in [-0.2, 0) is 12.8 Å². The third kappa shape index (κ3) is 4.09. The molecule has 4 heteroatoms. The quantitative estimate of drug-likeness (QED) is 0.383. The summed E-state index contributed by atoms with van der Waals surface area (Å²) in [7, 11) is 0. The molecule has 0 radical (unpaired) electrons. The van der Waals surface area contributed by atoms with Crippen LogP contribution in [0.3, 0.4) is 0 Å². The number of carbonyl (C=O) groups is 1. The molecule has 2 aromatic carbocycles. The molecule has 4 aromatic rings. The lowest BCUT2D eigenvalue weighted by Crippen LogP contribution is -2.26. The number of Topliss-reactive ketones (excluding diaryl/α,β-unsaturated/α-hetero) is 1. The maximum Gasteiger partial charge on any atom is 0.167 e. The van der Waals surface area contributed by atoms with Crippen LogP contribution in [0, 0.1) is 5.41 Å². The van der Waals surface area contributed by atoms with Crippen molar-refractivity contribution in [2.24, 2.45) is 5.41 Å². The van der Waals surface area contributed by atoms with Gasteiger partial charge in [0.2, 0.25) is 0 Å². The summed E-state index contributed by atoms with van der Waals surface area (Å²) in [5.74, 6) is 0.191. The highest BCUT2D eigenvalue weighted by Crippen LogP contribution is 2.43. The first-order valence-electron chi connectivity index (χ1n) is 11.1. The Morgan fingerprint density at radius 3 is 2.47 bits per heavy atom. The van der Waals surface area contributed by atoms with Gasteiger partial charge in [-0.15, -0.1) is 0 Å². The van der Waals surface area contributed by atoms with Crippen LogP contribution in [-0.4, -0.2) is 15.8 Å². The van der Waals surface area contributed by atoms with Gasteiger partial charge in [0.15, 0.2) is 5.78 Å². The van der Waals surface area contributed by atoms with E-state index in [4.69, 9.17) is 0 Å². The van der Waals surface area contributed by atoms with Crippen molar-refractivity contribution in [3.63, 3.8) is 0 Å². The zero-order chi connectivity index (χ0) is 22.1. The number of nitrogens with one attached hydrogen (secondary N) is 2. The van der Waals surface area contributed by atoms with Crippen LogP contribution in [0.25, 0.3) is 11.3 Å². The lowest BCUT2D eigenvalue weighted by Gasteiger charge is -2.28. The fraction of sp³-hybridized carbons (Fsp3) is 0.214. The number of benzene rings is 2. The number of anilines is 2. The fourth-order valence-electron chi connectivity index (χ4n) is 4.65. The molecule has 0 fully saturated rings. The summed E-state index contributed by atoms with van der Waals surface area (Å²) in [6.45, 7) is 4.31. The number of carbonyl (C=O) groups excluding carboxylic acids is 1. The summed E-state index contributed by atoms with van der Waals surface area (Å²) >= 11 is 0. The van der Waals surface area contributed by atoms with E-state index in [0.717, 1.165) is 46.7 Å².